The first-order chi connectivity index (χ1) is 12.5. The van der Waals surface area contributed by atoms with E-state index in [2.05, 4.69) is 9.88 Å². The molecule has 0 radical (unpaired) electrons. The van der Waals surface area contributed by atoms with E-state index in [4.69, 9.17) is 0 Å². The fourth-order valence-electron chi connectivity index (χ4n) is 4.10. The Morgan fingerprint density at radius 3 is 2.50 bits per heavy atom. The van der Waals surface area contributed by atoms with Crippen LogP contribution in [0, 0.1) is 0 Å². The molecule has 1 unspecified atom stereocenters. The van der Waals surface area contributed by atoms with Gasteiger partial charge in [0.1, 0.15) is 5.69 Å². The molecule has 1 aromatic rings. The van der Waals surface area contributed by atoms with E-state index in [1.165, 1.54) is 19.3 Å². The number of rotatable bonds is 4. The number of amides is 2. The van der Waals surface area contributed by atoms with E-state index in [0.717, 1.165) is 38.0 Å². The molecule has 26 heavy (non-hydrogen) atoms. The second-order valence-electron chi connectivity index (χ2n) is 7.63. The third kappa shape index (κ3) is 4.00. The zero-order valence-electron chi connectivity index (χ0n) is 16.1. The first-order valence-electron chi connectivity index (χ1n) is 9.69. The summed E-state index contributed by atoms with van der Waals surface area (Å²) in [6, 6.07) is 4.41. The van der Waals surface area contributed by atoms with Crippen LogP contribution in [0.15, 0.2) is 18.3 Å². The topological polar surface area (TPSA) is 56.8 Å². The molecule has 0 aromatic carbocycles. The second kappa shape index (κ2) is 8.06. The normalized spacial score (nSPS) is 20.9. The number of carbonyl (C=O) groups excluding carboxylic acids is 2. The van der Waals surface area contributed by atoms with Crippen LogP contribution in [-0.4, -0.2) is 65.9 Å². The molecule has 1 aliphatic carbocycles. The summed E-state index contributed by atoms with van der Waals surface area (Å²) < 4.78 is 0. The first kappa shape index (κ1) is 18.7. The number of nitrogens with zero attached hydrogens (tertiary/aromatic N) is 4. The first-order valence-corrected chi connectivity index (χ1v) is 9.69. The molecule has 2 aliphatic rings. The lowest BCUT2D eigenvalue weighted by Gasteiger charge is -2.31. The van der Waals surface area contributed by atoms with Crippen LogP contribution >= 0.6 is 0 Å². The molecule has 6 nitrogen and oxygen atoms in total. The molecule has 1 aromatic heterocycles. The molecule has 2 heterocycles. The zero-order valence-corrected chi connectivity index (χ0v) is 16.1. The molecule has 0 spiro atoms. The Hall–Kier alpha value is -2.11. The van der Waals surface area contributed by atoms with Crippen molar-refractivity contribution in [1.82, 2.24) is 14.8 Å². The molecule has 6 heteroatoms. The summed E-state index contributed by atoms with van der Waals surface area (Å²) in [6.07, 6.45) is 8.53. The lowest BCUT2D eigenvalue weighted by atomic mass is 9.94. The van der Waals surface area contributed by atoms with E-state index < -0.39 is 0 Å². The maximum absolute atomic E-state index is 12.9. The molecule has 0 N–H and O–H groups in total. The summed E-state index contributed by atoms with van der Waals surface area (Å²) >= 11 is 0. The van der Waals surface area contributed by atoms with Crippen LogP contribution < -0.4 is 4.90 Å². The zero-order chi connectivity index (χ0) is 18.7. The number of likely N-dealkylation sites (N-methyl/N-ethyl adjacent to an activating group) is 1. The summed E-state index contributed by atoms with van der Waals surface area (Å²) in [7, 11) is 3.76. The van der Waals surface area contributed by atoms with Gasteiger partial charge in [-0.1, -0.05) is 19.3 Å². The van der Waals surface area contributed by atoms with Gasteiger partial charge >= 0.3 is 0 Å². The molecule has 142 valence electrons. The fourth-order valence-corrected chi connectivity index (χ4v) is 4.10. The summed E-state index contributed by atoms with van der Waals surface area (Å²) in [6.45, 7) is 3.29. The van der Waals surface area contributed by atoms with E-state index in [1.807, 2.05) is 36.0 Å². The maximum Gasteiger partial charge on any atom is 0.272 e. The monoisotopic (exact) mass is 358 g/mol. The minimum atomic E-state index is 0.00958. The summed E-state index contributed by atoms with van der Waals surface area (Å²) in [5.74, 6) is 0.104. The van der Waals surface area contributed by atoms with Crippen molar-refractivity contribution in [2.45, 2.75) is 57.5 Å². The van der Waals surface area contributed by atoms with Crippen LogP contribution in [0.2, 0.25) is 0 Å². The highest BCUT2D eigenvalue weighted by Crippen LogP contribution is 2.25. The third-order valence-electron chi connectivity index (χ3n) is 5.98. The minimum Gasteiger partial charge on any atom is -0.369 e. The van der Waals surface area contributed by atoms with Gasteiger partial charge in [0.2, 0.25) is 5.91 Å². The van der Waals surface area contributed by atoms with Gasteiger partial charge in [-0.3, -0.25) is 14.6 Å². The van der Waals surface area contributed by atoms with Gasteiger partial charge in [-0.25, -0.2) is 0 Å². The fraction of sp³-hybridized carbons (Fsp3) is 0.650. The third-order valence-corrected chi connectivity index (χ3v) is 5.98. The van der Waals surface area contributed by atoms with Crippen molar-refractivity contribution in [2.75, 3.05) is 32.1 Å². The molecule has 3 rings (SSSR count). The summed E-state index contributed by atoms with van der Waals surface area (Å²) in [5.41, 5.74) is 1.53. The molecule has 2 amide bonds. The quantitative estimate of drug-likeness (QED) is 0.830. The Kier molecular flexibility index (Phi) is 5.79. The van der Waals surface area contributed by atoms with Crippen LogP contribution in [0.3, 0.4) is 0 Å². The Morgan fingerprint density at radius 1 is 1.08 bits per heavy atom. The molecular formula is C20H30N4O2. The van der Waals surface area contributed by atoms with Crippen LogP contribution in [0.5, 0.6) is 0 Å². The van der Waals surface area contributed by atoms with E-state index in [-0.39, 0.29) is 17.9 Å². The number of hydrogen-bond donors (Lipinski definition) is 0. The van der Waals surface area contributed by atoms with Crippen molar-refractivity contribution in [1.29, 1.82) is 0 Å². The molecule has 2 fully saturated rings. The molecule has 1 saturated carbocycles. The highest BCUT2D eigenvalue weighted by molar-refractivity contribution is 5.93. The minimum absolute atomic E-state index is 0.00958. The number of hydrogen-bond acceptors (Lipinski definition) is 4. The van der Waals surface area contributed by atoms with Crippen molar-refractivity contribution in [3.8, 4) is 0 Å². The van der Waals surface area contributed by atoms with Crippen molar-refractivity contribution in [2.24, 2.45) is 0 Å². The Morgan fingerprint density at radius 2 is 1.81 bits per heavy atom. The highest BCUT2D eigenvalue weighted by atomic mass is 16.2. The van der Waals surface area contributed by atoms with Gasteiger partial charge in [0.15, 0.2) is 0 Å². The van der Waals surface area contributed by atoms with Crippen LogP contribution in [-0.2, 0) is 4.79 Å². The standard InChI is InChI=1S/C20H30N4O2/c1-15(25)22(2)18-10-12-24(14-18)17-9-11-21-19(13-17)20(26)23(3)16-7-5-4-6-8-16/h9,11,13,16,18H,4-8,10,12,14H2,1-3H3. The van der Waals surface area contributed by atoms with Crippen LogP contribution in [0.4, 0.5) is 5.69 Å². The van der Waals surface area contributed by atoms with E-state index in [9.17, 15) is 9.59 Å². The van der Waals surface area contributed by atoms with Gasteiger partial charge in [-0.2, -0.15) is 0 Å². The van der Waals surface area contributed by atoms with E-state index in [1.54, 1.807) is 13.1 Å². The number of aromatic nitrogens is 1. The summed E-state index contributed by atoms with van der Waals surface area (Å²) in [4.78, 5) is 34.7. The maximum atomic E-state index is 12.9. The van der Waals surface area contributed by atoms with Gasteiger partial charge in [0, 0.05) is 52.0 Å². The van der Waals surface area contributed by atoms with Crippen LogP contribution in [0.25, 0.3) is 0 Å². The van der Waals surface area contributed by atoms with E-state index >= 15 is 0 Å². The molecule has 1 atom stereocenters. The molecular weight excluding hydrogens is 328 g/mol. The lowest BCUT2D eigenvalue weighted by Crippen LogP contribution is -2.39. The van der Waals surface area contributed by atoms with Crippen molar-refractivity contribution >= 4 is 17.5 Å². The Bertz CT molecular complexity index is 657. The van der Waals surface area contributed by atoms with E-state index in [0.29, 0.717) is 11.7 Å². The Labute approximate surface area is 156 Å². The summed E-state index contributed by atoms with van der Waals surface area (Å²) in [5, 5.41) is 0. The van der Waals surface area contributed by atoms with Gasteiger partial charge in [-0.15, -0.1) is 0 Å². The van der Waals surface area contributed by atoms with Gasteiger partial charge in [0.25, 0.3) is 5.91 Å². The lowest BCUT2D eigenvalue weighted by molar-refractivity contribution is -0.129. The average molecular weight is 358 g/mol. The number of carbonyl (C=O) groups is 2. The highest BCUT2D eigenvalue weighted by Gasteiger charge is 2.28. The molecule has 1 saturated heterocycles. The molecule has 0 bridgehead atoms. The smallest absolute Gasteiger partial charge is 0.272 e. The second-order valence-corrected chi connectivity index (χ2v) is 7.63. The van der Waals surface area contributed by atoms with Gasteiger partial charge in [-0.05, 0) is 31.4 Å². The molecule has 1 aliphatic heterocycles. The van der Waals surface area contributed by atoms with Gasteiger partial charge in [0.05, 0.1) is 6.04 Å². The predicted octanol–water partition coefficient (Wildman–Crippen LogP) is 2.54. The predicted molar refractivity (Wildman–Crippen MR) is 102 cm³/mol. The largest absolute Gasteiger partial charge is 0.369 e. The van der Waals surface area contributed by atoms with Gasteiger partial charge < -0.3 is 14.7 Å². The van der Waals surface area contributed by atoms with Crippen LogP contribution in [0.1, 0.15) is 55.9 Å². The van der Waals surface area contributed by atoms with Crippen molar-refractivity contribution < 1.29 is 9.59 Å². The SMILES string of the molecule is CC(=O)N(C)C1CCN(c2ccnc(C(=O)N(C)C3CCCCC3)c2)C1. The van der Waals surface area contributed by atoms with Crippen molar-refractivity contribution in [3.05, 3.63) is 24.0 Å². The number of anilines is 1. The Balaban J connectivity index is 1.68. The van der Waals surface area contributed by atoms with Crippen molar-refractivity contribution in [3.63, 3.8) is 0 Å². The number of pyridine rings is 1. The average Bonchev–Trinajstić information content (AvgIpc) is 3.17.